The quantitative estimate of drug-likeness (QED) is 0.642. The summed E-state index contributed by atoms with van der Waals surface area (Å²) in [5.41, 5.74) is 1.69. The lowest BCUT2D eigenvalue weighted by molar-refractivity contribution is -0.119. The number of hydrogen-bond donors (Lipinski definition) is 1. The van der Waals surface area contributed by atoms with Gasteiger partial charge in [-0.3, -0.25) is 9.59 Å². The highest BCUT2D eigenvalue weighted by molar-refractivity contribution is 7.12. The molecule has 1 aliphatic rings. The van der Waals surface area contributed by atoms with Gasteiger partial charge in [-0.2, -0.15) is 0 Å². The topological polar surface area (TPSA) is 58.6 Å². The van der Waals surface area contributed by atoms with Gasteiger partial charge in [0, 0.05) is 6.54 Å². The summed E-state index contributed by atoms with van der Waals surface area (Å²) in [6, 6.07) is 18.3. The third-order valence-electron chi connectivity index (χ3n) is 4.91. The van der Waals surface area contributed by atoms with E-state index in [1.807, 2.05) is 66.9 Å². The molecule has 1 aliphatic heterocycles. The molecule has 2 amide bonds. The van der Waals surface area contributed by atoms with Crippen molar-refractivity contribution in [3.05, 3.63) is 76.5 Å². The first-order valence-electron chi connectivity index (χ1n) is 9.61. The fourth-order valence-corrected chi connectivity index (χ4v) is 4.18. The fraction of sp³-hybridized carbons (Fsp3) is 0.217. The van der Waals surface area contributed by atoms with Crippen LogP contribution in [0.5, 0.6) is 11.5 Å². The fourth-order valence-electron chi connectivity index (χ4n) is 3.50. The number of aryl methyl sites for hydroxylation is 1. The number of amides is 2. The molecule has 4 rings (SSSR count). The third-order valence-corrected chi connectivity index (χ3v) is 5.77. The number of hydrogen-bond acceptors (Lipinski definition) is 4. The van der Waals surface area contributed by atoms with Gasteiger partial charge in [0.05, 0.1) is 10.6 Å². The highest BCUT2D eigenvalue weighted by atomic mass is 32.1. The summed E-state index contributed by atoms with van der Waals surface area (Å²) in [6.45, 7) is 2.59. The van der Waals surface area contributed by atoms with Crippen molar-refractivity contribution >= 4 is 28.8 Å². The van der Waals surface area contributed by atoms with E-state index < -0.39 is 6.04 Å². The van der Waals surface area contributed by atoms with Crippen LogP contribution >= 0.6 is 11.3 Å². The monoisotopic (exact) mass is 406 g/mol. The van der Waals surface area contributed by atoms with Gasteiger partial charge in [-0.1, -0.05) is 30.3 Å². The molecule has 0 radical (unpaired) electrons. The van der Waals surface area contributed by atoms with Crippen molar-refractivity contribution in [3.8, 4) is 11.5 Å². The van der Waals surface area contributed by atoms with E-state index in [9.17, 15) is 9.59 Å². The minimum absolute atomic E-state index is 0.0815. The highest BCUT2D eigenvalue weighted by Gasteiger charge is 2.35. The molecule has 29 heavy (non-hydrogen) atoms. The number of nitrogens with zero attached hydrogens (tertiary/aromatic N) is 1. The van der Waals surface area contributed by atoms with Gasteiger partial charge in [-0.25, -0.2) is 0 Å². The Morgan fingerprint density at radius 3 is 2.76 bits per heavy atom. The average molecular weight is 407 g/mol. The van der Waals surface area contributed by atoms with Crippen LogP contribution in [0.25, 0.3) is 0 Å². The number of nitrogens with one attached hydrogen (secondary N) is 1. The minimum atomic E-state index is -0.475. The predicted molar refractivity (Wildman–Crippen MR) is 115 cm³/mol. The van der Waals surface area contributed by atoms with Gasteiger partial charge in [0.15, 0.2) is 5.75 Å². The summed E-state index contributed by atoms with van der Waals surface area (Å²) in [7, 11) is 0. The van der Waals surface area contributed by atoms with Gasteiger partial charge in [0.2, 0.25) is 5.91 Å². The molecule has 0 bridgehead atoms. The van der Waals surface area contributed by atoms with Gasteiger partial charge in [0.1, 0.15) is 11.8 Å². The van der Waals surface area contributed by atoms with Crippen LogP contribution in [0.3, 0.4) is 0 Å². The molecule has 6 heteroatoms. The van der Waals surface area contributed by atoms with Crippen molar-refractivity contribution in [2.75, 3.05) is 11.9 Å². The van der Waals surface area contributed by atoms with E-state index in [1.165, 1.54) is 11.3 Å². The smallest absolute Gasteiger partial charge is 0.264 e. The van der Waals surface area contributed by atoms with Crippen LogP contribution in [-0.2, 0) is 4.79 Å². The molecule has 1 N–H and O–H groups in total. The maximum Gasteiger partial charge on any atom is 0.264 e. The number of rotatable bonds is 5. The third kappa shape index (κ3) is 4.32. The van der Waals surface area contributed by atoms with E-state index in [-0.39, 0.29) is 11.8 Å². The molecule has 2 aromatic carbocycles. The van der Waals surface area contributed by atoms with Crippen molar-refractivity contribution in [1.82, 2.24) is 4.90 Å². The lowest BCUT2D eigenvalue weighted by atomic mass is 10.2. The van der Waals surface area contributed by atoms with Crippen molar-refractivity contribution < 1.29 is 14.3 Å². The highest BCUT2D eigenvalue weighted by Crippen LogP contribution is 2.31. The van der Waals surface area contributed by atoms with Crippen molar-refractivity contribution in [1.29, 1.82) is 0 Å². The van der Waals surface area contributed by atoms with Crippen LogP contribution in [0, 0.1) is 6.92 Å². The molecule has 5 nitrogen and oxygen atoms in total. The molecular formula is C23H22N2O3S. The van der Waals surface area contributed by atoms with Crippen LogP contribution in [0.1, 0.15) is 28.1 Å². The Morgan fingerprint density at radius 2 is 1.97 bits per heavy atom. The summed E-state index contributed by atoms with van der Waals surface area (Å²) in [6.07, 6.45) is 1.47. The van der Waals surface area contributed by atoms with Crippen LogP contribution in [0.2, 0.25) is 0 Å². The van der Waals surface area contributed by atoms with Gasteiger partial charge >= 0.3 is 0 Å². The predicted octanol–water partition coefficient (Wildman–Crippen LogP) is 5.09. The Labute approximate surface area is 173 Å². The number of benzene rings is 2. The average Bonchev–Trinajstić information content (AvgIpc) is 3.41. The van der Waals surface area contributed by atoms with Crippen molar-refractivity contribution in [2.24, 2.45) is 0 Å². The zero-order valence-corrected chi connectivity index (χ0v) is 16.9. The largest absolute Gasteiger partial charge is 0.455 e. The number of thiophene rings is 1. The Hall–Kier alpha value is -3.12. The maximum atomic E-state index is 13.0. The molecule has 148 valence electrons. The van der Waals surface area contributed by atoms with Gasteiger partial charge in [0.25, 0.3) is 5.91 Å². The number of para-hydroxylation sites is 2. The second kappa shape index (κ2) is 8.49. The summed E-state index contributed by atoms with van der Waals surface area (Å²) >= 11 is 1.40. The second-order valence-electron chi connectivity index (χ2n) is 7.04. The molecule has 3 aromatic rings. The van der Waals surface area contributed by atoms with Crippen molar-refractivity contribution in [2.45, 2.75) is 25.8 Å². The molecule has 0 spiro atoms. The zero-order valence-electron chi connectivity index (χ0n) is 16.1. The first-order chi connectivity index (χ1) is 14.1. The van der Waals surface area contributed by atoms with Crippen LogP contribution < -0.4 is 10.1 Å². The number of likely N-dealkylation sites (tertiary alicyclic amines) is 1. The molecule has 1 saturated heterocycles. The summed E-state index contributed by atoms with van der Waals surface area (Å²) in [5.74, 6) is 1.01. The molecule has 2 heterocycles. The molecule has 1 fully saturated rings. The number of carbonyl (C=O) groups excluding carboxylic acids is 2. The number of carbonyl (C=O) groups is 2. The van der Waals surface area contributed by atoms with Crippen molar-refractivity contribution in [3.63, 3.8) is 0 Å². The van der Waals surface area contributed by atoms with Gasteiger partial charge in [-0.15, -0.1) is 11.3 Å². The summed E-state index contributed by atoms with van der Waals surface area (Å²) in [5, 5.41) is 4.84. The second-order valence-corrected chi connectivity index (χ2v) is 7.99. The Kier molecular flexibility index (Phi) is 5.62. The summed E-state index contributed by atoms with van der Waals surface area (Å²) in [4.78, 5) is 28.1. The van der Waals surface area contributed by atoms with E-state index in [1.54, 1.807) is 11.0 Å². The van der Waals surface area contributed by atoms with E-state index in [0.29, 0.717) is 35.0 Å². The van der Waals surface area contributed by atoms with E-state index in [2.05, 4.69) is 5.32 Å². The lowest BCUT2D eigenvalue weighted by Crippen LogP contribution is -2.43. The Morgan fingerprint density at radius 1 is 1.10 bits per heavy atom. The maximum absolute atomic E-state index is 13.0. The first kappa shape index (κ1) is 19.2. The minimum Gasteiger partial charge on any atom is -0.455 e. The molecule has 0 saturated carbocycles. The lowest BCUT2D eigenvalue weighted by Gasteiger charge is -2.24. The zero-order chi connectivity index (χ0) is 20.2. The standard InChI is InChI=1S/C23H22N2O3S/c1-16-7-4-8-17(15-16)28-20-11-3-2-9-18(20)24-22(26)19-10-5-13-25(19)23(27)21-12-6-14-29-21/h2-4,6-9,11-12,14-15,19H,5,10,13H2,1H3,(H,24,26)/t19-/m1/s1. The molecule has 1 aromatic heterocycles. The molecule has 0 unspecified atom stereocenters. The summed E-state index contributed by atoms with van der Waals surface area (Å²) < 4.78 is 5.99. The molecule has 1 atom stereocenters. The molecule has 0 aliphatic carbocycles. The number of ether oxygens (including phenoxy) is 1. The Bertz CT molecular complexity index is 1020. The van der Waals surface area contributed by atoms with E-state index in [0.717, 1.165) is 12.0 Å². The normalized spacial score (nSPS) is 15.9. The van der Waals surface area contributed by atoms with E-state index in [4.69, 9.17) is 4.74 Å². The van der Waals surface area contributed by atoms with Crippen LogP contribution in [0.4, 0.5) is 5.69 Å². The SMILES string of the molecule is Cc1cccc(Oc2ccccc2NC(=O)[C@H]2CCCN2C(=O)c2cccs2)c1. The van der Waals surface area contributed by atoms with Gasteiger partial charge in [-0.05, 0) is 61.0 Å². The van der Waals surface area contributed by atoms with Crippen LogP contribution in [-0.4, -0.2) is 29.3 Å². The van der Waals surface area contributed by atoms with Gasteiger partial charge < -0.3 is 15.0 Å². The van der Waals surface area contributed by atoms with E-state index >= 15 is 0 Å². The number of anilines is 1. The Balaban J connectivity index is 1.50. The van der Waals surface area contributed by atoms with Crippen LogP contribution in [0.15, 0.2) is 66.0 Å². The molecular weight excluding hydrogens is 384 g/mol. The first-order valence-corrected chi connectivity index (χ1v) is 10.5.